The molecule has 0 aromatic carbocycles. The highest BCUT2D eigenvalue weighted by molar-refractivity contribution is 5.91. The Morgan fingerprint density at radius 2 is 2.50 bits per heavy atom. The van der Waals surface area contributed by atoms with Gasteiger partial charge in [-0.3, -0.25) is 4.79 Å². The van der Waals surface area contributed by atoms with Crippen molar-refractivity contribution in [1.82, 2.24) is 19.8 Å². The van der Waals surface area contributed by atoms with E-state index < -0.39 is 0 Å². The highest BCUT2D eigenvalue weighted by Gasteiger charge is 2.28. The van der Waals surface area contributed by atoms with E-state index in [1.165, 1.54) is 0 Å². The second-order valence-electron chi connectivity index (χ2n) is 4.33. The summed E-state index contributed by atoms with van der Waals surface area (Å²) < 4.78 is 1.77. The van der Waals surface area contributed by atoms with E-state index in [1.807, 2.05) is 19.0 Å². The SMILES string of the molecule is CNCC1CCN(C(=O)c2nccn2C)C1. The third-order valence-corrected chi connectivity index (χ3v) is 3.08. The van der Waals surface area contributed by atoms with Gasteiger partial charge in [-0.15, -0.1) is 0 Å². The Bertz CT molecular complexity index is 374. The quantitative estimate of drug-likeness (QED) is 0.789. The maximum atomic E-state index is 12.1. The molecule has 5 heteroatoms. The lowest BCUT2D eigenvalue weighted by molar-refractivity contribution is 0.0771. The first-order valence-corrected chi connectivity index (χ1v) is 5.63. The van der Waals surface area contributed by atoms with E-state index in [1.54, 1.807) is 17.0 Å². The van der Waals surface area contributed by atoms with Crippen molar-refractivity contribution < 1.29 is 4.79 Å². The van der Waals surface area contributed by atoms with E-state index in [-0.39, 0.29) is 5.91 Å². The molecule has 1 N–H and O–H groups in total. The molecule has 0 radical (unpaired) electrons. The Balaban J connectivity index is 2.00. The van der Waals surface area contributed by atoms with Crippen molar-refractivity contribution >= 4 is 5.91 Å². The Morgan fingerprint density at radius 3 is 3.12 bits per heavy atom. The number of carbonyl (C=O) groups excluding carboxylic acids is 1. The molecule has 1 aromatic heterocycles. The zero-order valence-corrected chi connectivity index (χ0v) is 9.81. The van der Waals surface area contributed by atoms with Gasteiger partial charge in [-0.25, -0.2) is 4.98 Å². The molecule has 1 aliphatic heterocycles. The van der Waals surface area contributed by atoms with Crippen molar-refractivity contribution in [3.05, 3.63) is 18.2 Å². The molecule has 1 fully saturated rings. The summed E-state index contributed by atoms with van der Waals surface area (Å²) in [7, 11) is 3.80. The number of nitrogens with one attached hydrogen (secondary N) is 1. The van der Waals surface area contributed by atoms with Crippen LogP contribution < -0.4 is 5.32 Å². The maximum absolute atomic E-state index is 12.1. The lowest BCUT2D eigenvalue weighted by Gasteiger charge is -2.15. The van der Waals surface area contributed by atoms with E-state index >= 15 is 0 Å². The van der Waals surface area contributed by atoms with Crippen molar-refractivity contribution in [2.24, 2.45) is 13.0 Å². The minimum Gasteiger partial charge on any atom is -0.336 e. The van der Waals surface area contributed by atoms with Crippen molar-refractivity contribution in [3.8, 4) is 0 Å². The number of likely N-dealkylation sites (tertiary alicyclic amines) is 1. The molecule has 1 amide bonds. The van der Waals surface area contributed by atoms with Crippen molar-refractivity contribution in [3.63, 3.8) is 0 Å². The van der Waals surface area contributed by atoms with Crippen molar-refractivity contribution in [2.45, 2.75) is 6.42 Å². The molecular formula is C11H18N4O. The van der Waals surface area contributed by atoms with Gasteiger partial charge in [0.05, 0.1) is 0 Å². The summed E-state index contributed by atoms with van der Waals surface area (Å²) in [4.78, 5) is 18.1. The van der Waals surface area contributed by atoms with Crippen LogP contribution >= 0.6 is 0 Å². The fraction of sp³-hybridized carbons (Fsp3) is 0.636. The molecular weight excluding hydrogens is 204 g/mol. The molecule has 88 valence electrons. The molecule has 5 nitrogen and oxygen atoms in total. The second-order valence-corrected chi connectivity index (χ2v) is 4.33. The van der Waals surface area contributed by atoms with Gasteiger partial charge in [0.25, 0.3) is 5.91 Å². The number of imidazole rings is 1. The summed E-state index contributed by atoms with van der Waals surface area (Å²) in [5.41, 5.74) is 0. The summed E-state index contributed by atoms with van der Waals surface area (Å²) in [5, 5.41) is 3.16. The Morgan fingerprint density at radius 1 is 1.69 bits per heavy atom. The van der Waals surface area contributed by atoms with Gasteiger partial charge < -0.3 is 14.8 Å². The molecule has 1 unspecified atom stereocenters. The van der Waals surface area contributed by atoms with Gasteiger partial charge in [-0.05, 0) is 25.9 Å². The topological polar surface area (TPSA) is 50.2 Å². The van der Waals surface area contributed by atoms with E-state index in [9.17, 15) is 4.79 Å². The van der Waals surface area contributed by atoms with Crippen LogP contribution in [0.1, 0.15) is 17.0 Å². The molecule has 0 spiro atoms. The van der Waals surface area contributed by atoms with Gasteiger partial charge in [0, 0.05) is 32.5 Å². The van der Waals surface area contributed by atoms with Crippen LogP contribution in [0.3, 0.4) is 0 Å². The lowest BCUT2D eigenvalue weighted by Crippen LogP contribution is -2.32. The van der Waals surface area contributed by atoms with Crippen LogP contribution in [0, 0.1) is 5.92 Å². The molecule has 2 rings (SSSR count). The van der Waals surface area contributed by atoms with Crippen LogP contribution in [0.15, 0.2) is 12.4 Å². The van der Waals surface area contributed by atoms with Gasteiger partial charge in [0.15, 0.2) is 5.82 Å². The molecule has 0 saturated carbocycles. The standard InChI is InChI=1S/C11H18N4O/c1-12-7-9-3-5-15(8-9)11(16)10-13-4-6-14(10)2/h4,6,9,12H,3,5,7-8H2,1-2H3. The van der Waals surface area contributed by atoms with Gasteiger partial charge >= 0.3 is 0 Å². The number of aromatic nitrogens is 2. The number of rotatable bonds is 3. The fourth-order valence-electron chi connectivity index (χ4n) is 2.19. The van der Waals surface area contributed by atoms with E-state index in [0.29, 0.717) is 11.7 Å². The molecule has 16 heavy (non-hydrogen) atoms. The van der Waals surface area contributed by atoms with Crippen molar-refractivity contribution in [1.29, 1.82) is 0 Å². The third kappa shape index (κ3) is 2.09. The van der Waals surface area contributed by atoms with Crippen LogP contribution in [-0.2, 0) is 7.05 Å². The highest BCUT2D eigenvalue weighted by atomic mass is 16.2. The van der Waals surface area contributed by atoms with Crippen LogP contribution in [0.4, 0.5) is 0 Å². The maximum Gasteiger partial charge on any atom is 0.289 e. The molecule has 1 saturated heterocycles. The van der Waals surface area contributed by atoms with Gasteiger partial charge in [-0.2, -0.15) is 0 Å². The average molecular weight is 222 g/mol. The molecule has 0 bridgehead atoms. The van der Waals surface area contributed by atoms with Crippen molar-refractivity contribution in [2.75, 3.05) is 26.7 Å². The smallest absolute Gasteiger partial charge is 0.289 e. The first-order chi connectivity index (χ1) is 7.72. The van der Waals surface area contributed by atoms with Gasteiger partial charge in [0.2, 0.25) is 0 Å². The van der Waals surface area contributed by atoms with E-state index in [4.69, 9.17) is 0 Å². The highest BCUT2D eigenvalue weighted by Crippen LogP contribution is 2.17. The number of aryl methyl sites for hydroxylation is 1. The number of hydrogen-bond donors (Lipinski definition) is 1. The second kappa shape index (κ2) is 4.65. The summed E-state index contributed by atoms with van der Waals surface area (Å²) in [5.74, 6) is 1.16. The van der Waals surface area contributed by atoms with Crippen LogP contribution in [0.5, 0.6) is 0 Å². The Kier molecular flexibility index (Phi) is 3.24. The first kappa shape index (κ1) is 11.1. The lowest BCUT2D eigenvalue weighted by atomic mass is 10.1. The summed E-state index contributed by atoms with van der Waals surface area (Å²) in [6.07, 6.45) is 4.54. The zero-order valence-electron chi connectivity index (χ0n) is 9.81. The summed E-state index contributed by atoms with van der Waals surface area (Å²) in [6.45, 7) is 2.66. The predicted molar refractivity (Wildman–Crippen MR) is 61.1 cm³/mol. The normalized spacial score (nSPS) is 20.4. The molecule has 1 aromatic rings. The van der Waals surface area contributed by atoms with Crippen LogP contribution in [0.2, 0.25) is 0 Å². The largest absolute Gasteiger partial charge is 0.336 e. The minimum atomic E-state index is 0.0473. The molecule has 0 aliphatic carbocycles. The fourth-order valence-corrected chi connectivity index (χ4v) is 2.19. The van der Waals surface area contributed by atoms with Gasteiger partial charge in [0.1, 0.15) is 0 Å². The van der Waals surface area contributed by atoms with E-state index in [0.717, 1.165) is 26.1 Å². The third-order valence-electron chi connectivity index (χ3n) is 3.08. The summed E-state index contributed by atoms with van der Waals surface area (Å²) in [6, 6.07) is 0. The minimum absolute atomic E-state index is 0.0473. The van der Waals surface area contributed by atoms with Crippen LogP contribution in [-0.4, -0.2) is 47.0 Å². The predicted octanol–water partition coefficient (Wildman–Crippen LogP) is 0.102. The van der Waals surface area contributed by atoms with Gasteiger partial charge in [-0.1, -0.05) is 0 Å². The number of amides is 1. The molecule has 1 aliphatic rings. The number of hydrogen-bond acceptors (Lipinski definition) is 3. The van der Waals surface area contributed by atoms with Crippen LogP contribution in [0.25, 0.3) is 0 Å². The number of nitrogens with zero attached hydrogens (tertiary/aromatic N) is 3. The average Bonchev–Trinajstić information content (AvgIpc) is 2.87. The number of carbonyl (C=O) groups is 1. The summed E-state index contributed by atoms with van der Waals surface area (Å²) >= 11 is 0. The molecule has 1 atom stereocenters. The monoisotopic (exact) mass is 222 g/mol. The Labute approximate surface area is 95.5 Å². The first-order valence-electron chi connectivity index (χ1n) is 5.63. The zero-order chi connectivity index (χ0) is 11.5. The Hall–Kier alpha value is -1.36. The molecule has 2 heterocycles. The van der Waals surface area contributed by atoms with E-state index in [2.05, 4.69) is 10.3 Å².